The van der Waals surface area contributed by atoms with Crippen molar-refractivity contribution in [3.8, 4) is 0 Å². The molecule has 12 heteroatoms. The van der Waals surface area contributed by atoms with E-state index in [0.717, 1.165) is 38.3 Å². The summed E-state index contributed by atoms with van der Waals surface area (Å²) in [4.78, 5) is 39.5. The summed E-state index contributed by atoms with van der Waals surface area (Å²) in [5.74, 6) is 0.938. The molecular formula is C27H34Fe2O10. The molecule has 0 aromatic carbocycles. The first-order chi connectivity index (χ1) is 17.6. The van der Waals surface area contributed by atoms with Crippen LogP contribution in [0.5, 0.6) is 0 Å². The van der Waals surface area contributed by atoms with Crippen LogP contribution < -0.4 is 0 Å². The molecule has 0 radical (unpaired) electrons. The second-order valence-corrected chi connectivity index (χ2v) is 6.88. The van der Waals surface area contributed by atoms with Gasteiger partial charge in [0.15, 0.2) is 0 Å². The molecule has 0 spiro atoms. The third-order valence-electron chi connectivity index (χ3n) is 3.01. The van der Waals surface area contributed by atoms with Crippen molar-refractivity contribution in [2.75, 3.05) is 0 Å². The van der Waals surface area contributed by atoms with Crippen molar-refractivity contribution in [1.82, 2.24) is 0 Å². The van der Waals surface area contributed by atoms with Gasteiger partial charge in [0.1, 0.15) is 24.1 Å². The van der Waals surface area contributed by atoms with Crippen molar-refractivity contribution in [2.24, 2.45) is 5.41 Å². The Morgan fingerprint density at radius 2 is 1.00 bits per heavy atom. The molecule has 0 aliphatic heterocycles. The molecule has 0 saturated heterocycles. The van der Waals surface area contributed by atoms with E-state index in [1.807, 2.05) is 57.2 Å². The monoisotopic (exact) mass is 630 g/mol. The summed E-state index contributed by atoms with van der Waals surface area (Å²) < 4.78 is 40.0. The summed E-state index contributed by atoms with van der Waals surface area (Å²) in [5.41, 5.74) is -0.424. The Labute approximate surface area is 252 Å². The van der Waals surface area contributed by atoms with Crippen molar-refractivity contribution in [3.05, 3.63) is 74.6 Å². The normalized spacial score (nSPS) is 10.6. The van der Waals surface area contributed by atoms with Crippen LogP contribution in [0.1, 0.15) is 67.2 Å². The van der Waals surface area contributed by atoms with Crippen LogP contribution in [0.4, 0.5) is 0 Å². The second kappa shape index (κ2) is 48.3. The quantitative estimate of drug-likeness (QED) is 0.139. The molecular weight excluding hydrogens is 596 g/mol. The van der Waals surface area contributed by atoms with Crippen LogP contribution in [0.3, 0.4) is 0 Å². The van der Waals surface area contributed by atoms with Crippen LogP contribution in [0.15, 0.2) is 48.0 Å². The van der Waals surface area contributed by atoms with E-state index >= 15 is 0 Å². The molecule has 39 heavy (non-hydrogen) atoms. The molecule has 10 nitrogen and oxygen atoms in total. The predicted octanol–water partition coefficient (Wildman–Crippen LogP) is 4.85. The Morgan fingerprint density at radius 3 is 1.21 bits per heavy atom. The van der Waals surface area contributed by atoms with Crippen LogP contribution in [0.2, 0.25) is 0 Å². The molecule has 2 aliphatic carbocycles. The third-order valence-corrected chi connectivity index (χ3v) is 3.01. The Kier molecular flexibility index (Phi) is 69.9. The van der Waals surface area contributed by atoms with Crippen molar-refractivity contribution >= 4 is 24.5 Å². The molecule has 0 unspecified atom stereocenters. The first-order valence-electron chi connectivity index (χ1n) is 10.4. The molecule has 0 heterocycles. The van der Waals surface area contributed by atoms with Gasteiger partial charge < -0.3 is 19.1 Å². The second-order valence-electron chi connectivity index (χ2n) is 6.88. The van der Waals surface area contributed by atoms with Gasteiger partial charge in [-0.25, -0.2) is 0 Å². The molecule has 2 rings (SSSR count). The maximum Gasteiger partial charge on any atom is 0 e. The van der Waals surface area contributed by atoms with E-state index in [9.17, 15) is 9.59 Å². The summed E-state index contributed by atoms with van der Waals surface area (Å²) in [6.07, 6.45) is 17.1. The first kappa shape index (κ1) is 56.4. The molecule has 0 N–H and O–H groups in total. The average molecular weight is 630 g/mol. The first-order valence-corrected chi connectivity index (χ1v) is 10.4. The molecule has 0 bridgehead atoms. The van der Waals surface area contributed by atoms with Gasteiger partial charge in [0, 0.05) is 41.1 Å². The number of carbonyl (C=O) groups excluding carboxylic acids is 4. The fourth-order valence-electron chi connectivity index (χ4n) is 1.76. The maximum absolute atomic E-state index is 11.4. The van der Waals surface area contributed by atoms with Crippen molar-refractivity contribution in [3.63, 3.8) is 0 Å². The Balaban J connectivity index is -0.0000000550. The smallest absolute Gasteiger partial charge is 0 e. The minimum atomic E-state index is -0.424. The van der Waals surface area contributed by atoms with Gasteiger partial charge in [0.05, 0.1) is 5.41 Å². The van der Waals surface area contributed by atoms with E-state index in [1.165, 1.54) is 20.8 Å². The number of allylic oxidation sites excluding steroid dienone is 6. The third kappa shape index (κ3) is 52.5. The van der Waals surface area contributed by atoms with Gasteiger partial charge in [-0.1, -0.05) is 12.2 Å². The fourth-order valence-corrected chi connectivity index (χ4v) is 1.76. The van der Waals surface area contributed by atoms with E-state index in [0.29, 0.717) is 11.5 Å². The summed E-state index contributed by atoms with van der Waals surface area (Å²) in [6, 6.07) is 0. The molecule has 218 valence electrons. The summed E-state index contributed by atoms with van der Waals surface area (Å²) in [7, 11) is 0. The van der Waals surface area contributed by atoms with Crippen LogP contribution in [0.25, 0.3) is 0 Å². The van der Waals surface area contributed by atoms with Crippen LogP contribution in [-0.2, 0) is 81.4 Å². The van der Waals surface area contributed by atoms with E-state index < -0.39 is 5.41 Å². The largest absolute Gasteiger partial charge is 0 e. The topological polar surface area (TPSA) is 166 Å². The van der Waals surface area contributed by atoms with E-state index in [2.05, 4.69) is 26.6 Å². The summed E-state index contributed by atoms with van der Waals surface area (Å²) in [5, 5.41) is 0. The van der Waals surface area contributed by atoms with Gasteiger partial charge in [-0.05, 0) is 84.6 Å². The fraction of sp³-hybridized carbons (Fsp3) is 0.407. The van der Waals surface area contributed by atoms with Crippen LogP contribution in [-0.4, -0.2) is 24.5 Å². The number of ether oxygens (including phenoxy) is 2. The van der Waals surface area contributed by atoms with E-state index in [-0.39, 0.29) is 46.1 Å². The summed E-state index contributed by atoms with van der Waals surface area (Å²) >= 11 is 0. The minimum Gasteiger partial charge on any atom is 0 e. The van der Waals surface area contributed by atoms with Gasteiger partial charge in [0.25, 0.3) is 0 Å². The number of hydrogen-bond acceptors (Lipinski definition) is 6. The van der Waals surface area contributed by atoms with E-state index in [4.69, 9.17) is 37.7 Å². The van der Waals surface area contributed by atoms with Crippen LogP contribution in [0, 0.1) is 32.0 Å². The van der Waals surface area contributed by atoms with Gasteiger partial charge in [-0.2, -0.15) is 0 Å². The molecule has 0 amide bonds. The molecule has 0 aromatic rings. The molecule has 0 atom stereocenters. The zero-order valence-corrected chi connectivity index (χ0v) is 24.9. The molecule has 0 fully saturated rings. The van der Waals surface area contributed by atoms with Crippen molar-refractivity contribution in [2.45, 2.75) is 67.2 Å². The minimum absolute atomic E-state index is 0. The van der Waals surface area contributed by atoms with Crippen LogP contribution >= 0.6 is 0 Å². The number of carbonyl (C=O) groups is 4. The standard InChI is InChI=1S/C11H16O2.C8H10O2.2C2H4O.4CO.2Fe/c1-11(2,3)10(12)13-9-7-5-4-6-8-9;1-7(9)10-8-5-3-2-4-6-8;2*1-2-3;4*1-2;;/h5,7-8H,4,6H2,1-3H3;3,5-6H,2,4H2,1H3;2*2H,1H3;;;;;;. The number of aldehydes is 2. The average Bonchev–Trinajstić information content (AvgIpc) is 2.90. The molecule has 0 saturated carbocycles. The predicted molar refractivity (Wildman–Crippen MR) is 129 cm³/mol. The molecule has 0 aromatic heterocycles. The zero-order chi connectivity index (χ0) is 30.7. The number of esters is 2. The van der Waals surface area contributed by atoms with Crippen molar-refractivity contribution in [1.29, 1.82) is 0 Å². The zero-order valence-electron chi connectivity index (χ0n) is 22.7. The Morgan fingerprint density at radius 1 is 0.718 bits per heavy atom. The van der Waals surface area contributed by atoms with E-state index in [1.54, 1.807) is 0 Å². The number of rotatable bonds is 2. The van der Waals surface area contributed by atoms with Crippen molar-refractivity contribution < 1.29 is 81.4 Å². The van der Waals surface area contributed by atoms with Gasteiger partial charge in [-0.3, -0.25) is 9.59 Å². The molecule has 2 aliphatic rings. The number of hydrogen-bond donors (Lipinski definition) is 0. The maximum atomic E-state index is 11.4. The summed E-state index contributed by atoms with van der Waals surface area (Å²) in [6.45, 7) is 27.8. The van der Waals surface area contributed by atoms with Gasteiger partial charge in [0.2, 0.25) is 0 Å². The van der Waals surface area contributed by atoms with Gasteiger partial charge in [-0.15, -0.1) is 0 Å². The Hall–Kier alpha value is -2.76. The Bertz CT molecular complexity index is 780. The SMILES string of the molecule is CC(=O)OC1=CCCC=C1.CC(C)(C)C(=O)OC1=CCCC=C1.CC=O.CC=O.[C-]#[O+].[C-]#[O+].[C-]#[O+].[C-]#[O+].[Fe].[Fe]. The van der Waals surface area contributed by atoms with Gasteiger partial charge >= 0.3 is 57.1 Å².